The summed E-state index contributed by atoms with van der Waals surface area (Å²) in [5.74, 6) is -0.334. The van der Waals surface area contributed by atoms with Gasteiger partial charge in [-0.1, -0.05) is 33.6 Å². The molecule has 0 atom stereocenters. The highest BCUT2D eigenvalue weighted by atomic mass is 79.9. The van der Waals surface area contributed by atoms with Crippen molar-refractivity contribution in [3.8, 4) is 0 Å². The molecule has 0 aliphatic carbocycles. The van der Waals surface area contributed by atoms with Crippen LogP contribution in [0.15, 0.2) is 16.6 Å². The molecule has 1 aromatic carbocycles. The van der Waals surface area contributed by atoms with E-state index in [0.717, 1.165) is 5.56 Å². The molecule has 0 aliphatic rings. The molecule has 0 bridgehead atoms. The van der Waals surface area contributed by atoms with Crippen LogP contribution in [-0.4, -0.2) is 0 Å². The first-order valence-corrected chi connectivity index (χ1v) is 5.14. The second kappa shape index (κ2) is 3.87. The van der Waals surface area contributed by atoms with Crippen LogP contribution in [0.1, 0.15) is 5.56 Å². The van der Waals surface area contributed by atoms with Gasteiger partial charge in [0.05, 0.1) is 9.50 Å². The Hall–Kier alpha value is 0.400. The predicted molar refractivity (Wildman–Crippen MR) is 51.7 cm³/mol. The summed E-state index contributed by atoms with van der Waals surface area (Å²) in [5.41, 5.74) is 0.875. The minimum absolute atomic E-state index is 0.330. The molecule has 0 nitrogen and oxygen atoms in total. The zero-order valence-corrected chi connectivity index (χ0v) is 9.30. The zero-order chi connectivity index (χ0) is 8.43. The smallest absolute Gasteiger partial charge is 0.138 e. The quantitative estimate of drug-likeness (QED) is 0.540. The first kappa shape index (κ1) is 9.49. The van der Waals surface area contributed by atoms with Crippen LogP contribution in [0.25, 0.3) is 0 Å². The molecule has 4 heteroatoms. The second-order valence-electron chi connectivity index (χ2n) is 1.97. The van der Waals surface area contributed by atoms with Crippen LogP contribution in [0, 0.1) is 5.82 Å². The fraction of sp³-hybridized carbons (Fsp3) is 0.143. The summed E-state index contributed by atoms with van der Waals surface area (Å²) in [6.07, 6.45) is 0. The lowest BCUT2D eigenvalue weighted by molar-refractivity contribution is 0.620. The number of rotatable bonds is 1. The molecule has 0 fully saturated rings. The number of hydrogen-bond donors (Lipinski definition) is 0. The normalized spacial score (nSPS) is 10.2. The molecule has 60 valence electrons. The summed E-state index contributed by atoms with van der Waals surface area (Å²) in [6.45, 7) is 0. The third-order valence-electron chi connectivity index (χ3n) is 1.26. The van der Waals surface area contributed by atoms with Gasteiger partial charge in [0, 0.05) is 5.33 Å². The van der Waals surface area contributed by atoms with Gasteiger partial charge in [-0.05, 0) is 27.6 Å². The average molecular weight is 302 g/mol. The number of alkyl halides is 1. The van der Waals surface area contributed by atoms with Crippen LogP contribution in [0.5, 0.6) is 0 Å². The van der Waals surface area contributed by atoms with E-state index in [1.807, 2.05) is 0 Å². The van der Waals surface area contributed by atoms with Crippen LogP contribution < -0.4 is 0 Å². The van der Waals surface area contributed by atoms with Gasteiger partial charge in [0.2, 0.25) is 0 Å². The Morgan fingerprint density at radius 3 is 2.64 bits per heavy atom. The van der Waals surface area contributed by atoms with Crippen molar-refractivity contribution in [3.63, 3.8) is 0 Å². The van der Waals surface area contributed by atoms with Crippen molar-refractivity contribution >= 4 is 43.5 Å². The van der Waals surface area contributed by atoms with Crippen molar-refractivity contribution in [2.45, 2.75) is 5.33 Å². The Morgan fingerprint density at radius 1 is 1.45 bits per heavy atom. The topological polar surface area (TPSA) is 0 Å². The third-order valence-corrected chi connectivity index (χ3v) is 3.30. The highest BCUT2D eigenvalue weighted by Crippen LogP contribution is 2.29. The van der Waals surface area contributed by atoms with Crippen molar-refractivity contribution < 1.29 is 4.39 Å². The molecular weight excluding hydrogens is 298 g/mol. The van der Waals surface area contributed by atoms with E-state index in [-0.39, 0.29) is 5.82 Å². The zero-order valence-electron chi connectivity index (χ0n) is 5.37. The van der Waals surface area contributed by atoms with E-state index in [4.69, 9.17) is 11.6 Å². The second-order valence-corrected chi connectivity index (χ2v) is 3.70. The summed E-state index contributed by atoms with van der Waals surface area (Å²) in [4.78, 5) is 0. The summed E-state index contributed by atoms with van der Waals surface area (Å²) >= 11 is 12.1. The van der Waals surface area contributed by atoms with E-state index in [9.17, 15) is 4.39 Å². The fourth-order valence-electron chi connectivity index (χ4n) is 0.669. The maximum absolute atomic E-state index is 12.7. The average Bonchev–Trinajstić information content (AvgIpc) is 2.01. The molecule has 1 aromatic rings. The minimum atomic E-state index is -0.334. The fourth-order valence-corrected chi connectivity index (χ4v) is 1.90. The molecule has 0 aliphatic heterocycles. The summed E-state index contributed by atoms with van der Waals surface area (Å²) in [5, 5.41) is 1.06. The molecule has 0 heterocycles. The molecule has 0 radical (unpaired) electrons. The van der Waals surface area contributed by atoms with Gasteiger partial charge in [-0.25, -0.2) is 4.39 Å². The van der Waals surface area contributed by atoms with E-state index in [2.05, 4.69) is 31.9 Å². The van der Waals surface area contributed by atoms with Crippen LogP contribution in [-0.2, 0) is 5.33 Å². The van der Waals surface area contributed by atoms with Gasteiger partial charge < -0.3 is 0 Å². The molecule has 11 heavy (non-hydrogen) atoms. The molecule has 0 saturated heterocycles. The lowest BCUT2D eigenvalue weighted by Crippen LogP contribution is -1.84. The van der Waals surface area contributed by atoms with E-state index in [1.54, 1.807) is 6.07 Å². The molecule has 0 spiro atoms. The first-order valence-electron chi connectivity index (χ1n) is 2.85. The maximum atomic E-state index is 12.7. The van der Waals surface area contributed by atoms with Gasteiger partial charge >= 0.3 is 0 Å². The molecule has 0 unspecified atom stereocenters. The van der Waals surface area contributed by atoms with Crippen LogP contribution in [0.2, 0.25) is 5.02 Å². The first-order chi connectivity index (χ1) is 5.16. The lowest BCUT2D eigenvalue weighted by Gasteiger charge is -2.02. The van der Waals surface area contributed by atoms with Crippen molar-refractivity contribution in [2.24, 2.45) is 0 Å². The monoisotopic (exact) mass is 300 g/mol. The third kappa shape index (κ3) is 1.95. The number of benzene rings is 1. The van der Waals surface area contributed by atoms with Crippen molar-refractivity contribution in [1.82, 2.24) is 0 Å². The molecule has 0 N–H and O–H groups in total. The molecule has 0 aromatic heterocycles. The van der Waals surface area contributed by atoms with Gasteiger partial charge in [0.1, 0.15) is 5.82 Å². The van der Waals surface area contributed by atoms with E-state index in [0.29, 0.717) is 14.8 Å². The van der Waals surface area contributed by atoms with Gasteiger partial charge in [0.25, 0.3) is 0 Å². The van der Waals surface area contributed by atoms with Crippen molar-refractivity contribution in [3.05, 3.63) is 33.0 Å². The highest BCUT2D eigenvalue weighted by Gasteiger charge is 2.07. The number of hydrogen-bond acceptors (Lipinski definition) is 0. The Morgan fingerprint density at radius 2 is 2.09 bits per heavy atom. The van der Waals surface area contributed by atoms with Crippen molar-refractivity contribution in [1.29, 1.82) is 0 Å². The minimum Gasteiger partial charge on any atom is -0.206 e. The summed E-state index contributed by atoms with van der Waals surface area (Å²) in [6, 6.07) is 3.03. The molecule has 0 saturated carbocycles. The van der Waals surface area contributed by atoms with Crippen LogP contribution in [0.3, 0.4) is 0 Å². The Labute approximate surface area is 86.0 Å². The standard InChI is InChI=1S/C7H4Br2ClF/c8-3-4-1-2-5(11)6(9)7(4)10/h1-2H,3H2. The Balaban J connectivity index is 3.25. The highest BCUT2D eigenvalue weighted by molar-refractivity contribution is 9.10. The maximum Gasteiger partial charge on any atom is 0.138 e. The lowest BCUT2D eigenvalue weighted by atomic mass is 10.2. The van der Waals surface area contributed by atoms with Crippen LogP contribution >= 0.6 is 43.5 Å². The Kier molecular flexibility index (Phi) is 3.34. The predicted octanol–water partition coefficient (Wildman–Crippen LogP) is 4.14. The molecular formula is C7H4Br2ClF. The Bertz CT molecular complexity index is 275. The molecule has 0 amide bonds. The van der Waals surface area contributed by atoms with E-state index >= 15 is 0 Å². The van der Waals surface area contributed by atoms with E-state index in [1.165, 1.54) is 6.07 Å². The molecule has 1 rings (SSSR count). The van der Waals surface area contributed by atoms with Gasteiger partial charge in [-0.3, -0.25) is 0 Å². The number of halogens is 4. The van der Waals surface area contributed by atoms with Crippen LogP contribution in [0.4, 0.5) is 4.39 Å². The van der Waals surface area contributed by atoms with Crippen molar-refractivity contribution in [2.75, 3.05) is 0 Å². The van der Waals surface area contributed by atoms with Gasteiger partial charge in [0.15, 0.2) is 0 Å². The summed E-state index contributed by atoms with van der Waals surface area (Å²) < 4.78 is 13.1. The SMILES string of the molecule is Fc1ccc(CBr)c(Cl)c1Br. The van der Waals surface area contributed by atoms with Gasteiger partial charge in [-0.15, -0.1) is 0 Å². The van der Waals surface area contributed by atoms with E-state index < -0.39 is 0 Å². The summed E-state index contributed by atoms with van der Waals surface area (Å²) in [7, 11) is 0. The van der Waals surface area contributed by atoms with Gasteiger partial charge in [-0.2, -0.15) is 0 Å². The largest absolute Gasteiger partial charge is 0.206 e.